The summed E-state index contributed by atoms with van der Waals surface area (Å²) in [6.45, 7) is 1.88. The maximum atomic E-state index is 13.4. The maximum absolute atomic E-state index is 13.4. The largest absolute Gasteiger partial charge is 0.377 e. The Kier molecular flexibility index (Phi) is 7.67. The highest BCUT2D eigenvalue weighted by molar-refractivity contribution is 5.31. The molecule has 0 saturated carbocycles. The van der Waals surface area contributed by atoms with E-state index in [4.69, 9.17) is 4.74 Å². The fourth-order valence-corrected chi connectivity index (χ4v) is 3.92. The minimum atomic E-state index is 0.0976. The van der Waals surface area contributed by atoms with Crippen molar-refractivity contribution in [3.8, 4) is 0 Å². The molecule has 0 spiro atoms. The first-order valence-corrected chi connectivity index (χ1v) is 11.2. The third-order valence-corrected chi connectivity index (χ3v) is 5.63. The average Bonchev–Trinajstić information content (AvgIpc) is 2.84. The quantitative estimate of drug-likeness (QED) is 0.309. The zero-order chi connectivity index (χ0) is 22.0. The van der Waals surface area contributed by atoms with Gasteiger partial charge in [-0.1, -0.05) is 91.0 Å². The second kappa shape index (κ2) is 11.3. The van der Waals surface area contributed by atoms with Gasteiger partial charge in [0.1, 0.15) is 0 Å². The number of hydrogen-bond acceptors (Lipinski definition) is 2. The highest BCUT2D eigenvalue weighted by Crippen LogP contribution is 2.14. The number of benzene rings is 3. The summed E-state index contributed by atoms with van der Waals surface area (Å²) in [6.07, 6.45) is 4.30. The Morgan fingerprint density at radius 3 is 1.94 bits per heavy atom. The van der Waals surface area contributed by atoms with E-state index in [1.165, 1.54) is 5.56 Å². The molecule has 1 aromatic heterocycles. The normalized spacial score (nSPS) is 10.9. The standard InChI is InChI=1S/C29H29NO2/c31-29-28(21-24-11-4-1-5-12-24)27(17-10-20-32-23-26-15-8-3-9-16-26)18-19-30(29)22-25-13-6-2-7-14-25/h1-9,11-16,18-19H,10,17,20-23H2. The summed E-state index contributed by atoms with van der Waals surface area (Å²) in [4.78, 5) is 13.4. The van der Waals surface area contributed by atoms with Crippen molar-refractivity contribution in [2.75, 3.05) is 6.61 Å². The van der Waals surface area contributed by atoms with E-state index < -0.39 is 0 Å². The molecule has 1 heterocycles. The van der Waals surface area contributed by atoms with Crippen LogP contribution in [0.3, 0.4) is 0 Å². The van der Waals surface area contributed by atoms with E-state index in [0.717, 1.165) is 35.1 Å². The van der Waals surface area contributed by atoms with Crippen LogP contribution < -0.4 is 5.56 Å². The van der Waals surface area contributed by atoms with Gasteiger partial charge in [0.05, 0.1) is 13.2 Å². The van der Waals surface area contributed by atoms with E-state index in [2.05, 4.69) is 42.5 Å². The second-order valence-corrected chi connectivity index (χ2v) is 8.04. The van der Waals surface area contributed by atoms with Gasteiger partial charge in [0.15, 0.2) is 0 Å². The lowest BCUT2D eigenvalue weighted by Crippen LogP contribution is -2.26. The van der Waals surface area contributed by atoms with E-state index >= 15 is 0 Å². The van der Waals surface area contributed by atoms with Crippen molar-refractivity contribution in [1.29, 1.82) is 0 Å². The molecule has 0 aliphatic heterocycles. The van der Waals surface area contributed by atoms with E-state index in [0.29, 0.717) is 26.2 Å². The molecule has 3 aromatic carbocycles. The topological polar surface area (TPSA) is 31.2 Å². The summed E-state index contributed by atoms with van der Waals surface area (Å²) in [7, 11) is 0. The van der Waals surface area contributed by atoms with Crippen LogP contribution in [0.5, 0.6) is 0 Å². The minimum Gasteiger partial charge on any atom is -0.377 e. The van der Waals surface area contributed by atoms with Crippen LogP contribution in [0, 0.1) is 0 Å². The molecule has 0 fully saturated rings. The van der Waals surface area contributed by atoms with Gasteiger partial charge in [-0.3, -0.25) is 4.79 Å². The highest BCUT2D eigenvalue weighted by Gasteiger charge is 2.12. The van der Waals surface area contributed by atoms with Gasteiger partial charge in [0.25, 0.3) is 5.56 Å². The first-order chi connectivity index (χ1) is 15.8. The number of pyridine rings is 1. The van der Waals surface area contributed by atoms with Crippen LogP contribution in [0.4, 0.5) is 0 Å². The zero-order valence-corrected chi connectivity index (χ0v) is 18.3. The molecule has 0 unspecified atom stereocenters. The van der Waals surface area contributed by atoms with Gasteiger partial charge in [-0.2, -0.15) is 0 Å². The zero-order valence-electron chi connectivity index (χ0n) is 18.3. The molecule has 0 aliphatic carbocycles. The molecule has 0 bridgehead atoms. The van der Waals surface area contributed by atoms with Crippen LogP contribution in [-0.2, 0) is 30.7 Å². The third-order valence-electron chi connectivity index (χ3n) is 5.63. The van der Waals surface area contributed by atoms with Gasteiger partial charge in [0, 0.05) is 24.8 Å². The first kappa shape index (κ1) is 21.8. The summed E-state index contributed by atoms with van der Waals surface area (Å²) in [6, 6.07) is 32.7. The Balaban J connectivity index is 1.47. The number of aromatic nitrogens is 1. The third kappa shape index (κ3) is 6.05. The SMILES string of the molecule is O=c1c(Cc2ccccc2)c(CCCOCc2ccccc2)ccn1Cc1ccccc1. The molecule has 0 saturated heterocycles. The number of hydrogen-bond donors (Lipinski definition) is 0. The van der Waals surface area contributed by atoms with E-state index in [1.54, 1.807) is 0 Å². The molecule has 3 nitrogen and oxygen atoms in total. The molecule has 0 amide bonds. The molecule has 4 rings (SSSR count). The van der Waals surface area contributed by atoms with Crippen molar-refractivity contribution in [2.24, 2.45) is 0 Å². The van der Waals surface area contributed by atoms with E-state index in [1.807, 2.05) is 65.4 Å². The van der Waals surface area contributed by atoms with Crippen molar-refractivity contribution < 1.29 is 4.74 Å². The number of aryl methyl sites for hydroxylation is 1. The van der Waals surface area contributed by atoms with Crippen molar-refractivity contribution >= 4 is 0 Å². The van der Waals surface area contributed by atoms with Crippen molar-refractivity contribution in [3.05, 3.63) is 141 Å². The summed E-state index contributed by atoms with van der Waals surface area (Å²) < 4.78 is 7.67. The lowest BCUT2D eigenvalue weighted by atomic mass is 9.98. The Bertz CT molecular complexity index is 1150. The lowest BCUT2D eigenvalue weighted by Gasteiger charge is -2.14. The second-order valence-electron chi connectivity index (χ2n) is 8.04. The van der Waals surface area contributed by atoms with Crippen molar-refractivity contribution in [3.63, 3.8) is 0 Å². The molecule has 0 radical (unpaired) electrons. The van der Waals surface area contributed by atoms with Gasteiger partial charge in [-0.15, -0.1) is 0 Å². The fourth-order valence-electron chi connectivity index (χ4n) is 3.92. The molecular formula is C29H29NO2. The van der Waals surface area contributed by atoms with Gasteiger partial charge in [-0.25, -0.2) is 0 Å². The summed E-state index contributed by atoms with van der Waals surface area (Å²) in [5.74, 6) is 0. The molecule has 0 atom stereocenters. The summed E-state index contributed by atoms with van der Waals surface area (Å²) >= 11 is 0. The number of nitrogens with zero attached hydrogens (tertiary/aromatic N) is 1. The maximum Gasteiger partial charge on any atom is 0.254 e. The monoisotopic (exact) mass is 423 g/mol. The summed E-state index contributed by atoms with van der Waals surface area (Å²) in [5.41, 5.74) is 5.57. The fraction of sp³-hybridized carbons (Fsp3) is 0.207. The van der Waals surface area contributed by atoms with Crippen LogP contribution in [0.15, 0.2) is 108 Å². The Hall–Kier alpha value is -3.43. The Morgan fingerprint density at radius 2 is 1.28 bits per heavy atom. The number of rotatable bonds is 10. The first-order valence-electron chi connectivity index (χ1n) is 11.2. The van der Waals surface area contributed by atoms with E-state index in [-0.39, 0.29) is 5.56 Å². The van der Waals surface area contributed by atoms with Gasteiger partial charge < -0.3 is 9.30 Å². The predicted octanol–water partition coefficient (Wildman–Crippen LogP) is 5.64. The molecule has 4 aromatic rings. The Morgan fingerprint density at radius 1 is 0.688 bits per heavy atom. The minimum absolute atomic E-state index is 0.0976. The molecule has 0 aliphatic rings. The Labute approximate surface area is 189 Å². The predicted molar refractivity (Wildman–Crippen MR) is 130 cm³/mol. The van der Waals surface area contributed by atoms with E-state index in [9.17, 15) is 4.79 Å². The molecule has 162 valence electrons. The van der Waals surface area contributed by atoms with Gasteiger partial charge in [0.2, 0.25) is 0 Å². The van der Waals surface area contributed by atoms with Crippen LogP contribution >= 0.6 is 0 Å². The molecular weight excluding hydrogens is 394 g/mol. The van der Waals surface area contributed by atoms with Crippen LogP contribution in [0.1, 0.15) is 34.2 Å². The number of ether oxygens (including phenoxy) is 1. The van der Waals surface area contributed by atoms with Gasteiger partial charge >= 0.3 is 0 Å². The molecule has 3 heteroatoms. The van der Waals surface area contributed by atoms with Crippen molar-refractivity contribution in [2.45, 2.75) is 32.4 Å². The smallest absolute Gasteiger partial charge is 0.254 e. The van der Waals surface area contributed by atoms with Crippen LogP contribution in [0.2, 0.25) is 0 Å². The molecule has 0 N–H and O–H groups in total. The van der Waals surface area contributed by atoms with Crippen LogP contribution in [0.25, 0.3) is 0 Å². The highest BCUT2D eigenvalue weighted by atomic mass is 16.5. The average molecular weight is 424 g/mol. The lowest BCUT2D eigenvalue weighted by molar-refractivity contribution is 0.118. The summed E-state index contributed by atoms with van der Waals surface area (Å²) in [5, 5.41) is 0. The van der Waals surface area contributed by atoms with Crippen molar-refractivity contribution in [1.82, 2.24) is 4.57 Å². The molecule has 32 heavy (non-hydrogen) atoms. The van der Waals surface area contributed by atoms with Gasteiger partial charge in [-0.05, 0) is 41.2 Å². The van der Waals surface area contributed by atoms with Crippen LogP contribution in [-0.4, -0.2) is 11.2 Å².